The Hall–Kier alpha value is -1.22. The van der Waals surface area contributed by atoms with Gasteiger partial charge in [0, 0.05) is 23.3 Å². The quantitative estimate of drug-likeness (QED) is 0.605. The highest BCUT2D eigenvalue weighted by Gasteiger charge is 2.04. The Balaban J connectivity index is 2.42. The molecule has 0 radical (unpaired) electrons. The van der Waals surface area contributed by atoms with Crippen molar-refractivity contribution in [1.82, 2.24) is 5.32 Å². The van der Waals surface area contributed by atoms with Crippen LogP contribution in [-0.4, -0.2) is 18.7 Å². The molecular formula is C11H13NOS. The molecule has 3 heteroatoms. The average Bonchev–Trinajstić information content (AvgIpc) is 2.26. The summed E-state index contributed by atoms with van der Waals surface area (Å²) in [7, 11) is 1.61. The molecule has 0 aromatic heterocycles. The Kier molecular flexibility index (Phi) is 4.26. The van der Waals surface area contributed by atoms with Crippen molar-refractivity contribution in [2.45, 2.75) is 4.90 Å². The third-order valence-electron chi connectivity index (χ3n) is 1.70. The number of amides is 1. The lowest BCUT2D eigenvalue weighted by atomic mass is 10.3. The zero-order valence-electron chi connectivity index (χ0n) is 8.12. The molecule has 0 saturated carbocycles. The Morgan fingerprint density at radius 3 is 2.64 bits per heavy atom. The zero-order valence-corrected chi connectivity index (χ0v) is 8.93. The summed E-state index contributed by atoms with van der Waals surface area (Å²) in [6, 6.07) is 9.96. The fourth-order valence-electron chi connectivity index (χ4n) is 0.929. The van der Waals surface area contributed by atoms with Gasteiger partial charge in [-0.2, -0.15) is 0 Å². The minimum atomic E-state index is -0.0894. The summed E-state index contributed by atoms with van der Waals surface area (Å²) in [5.74, 6) is 0.539. The lowest BCUT2D eigenvalue weighted by molar-refractivity contribution is -0.116. The van der Waals surface area contributed by atoms with Gasteiger partial charge in [-0.1, -0.05) is 24.8 Å². The predicted molar refractivity (Wildman–Crippen MR) is 60.4 cm³/mol. The summed E-state index contributed by atoms with van der Waals surface area (Å²) in [4.78, 5) is 12.3. The lowest BCUT2D eigenvalue weighted by Crippen LogP contribution is -2.20. The highest BCUT2D eigenvalue weighted by atomic mass is 32.2. The van der Waals surface area contributed by atoms with Crippen LogP contribution in [0.1, 0.15) is 0 Å². The van der Waals surface area contributed by atoms with Gasteiger partial charge in [0.1, 0.15) is 0 Å². The molecule has 0 saturated heterocycles. The second-order valence-electron chi connectivity index (χ2n) is 2.78. The van der Waals surface area contributed by atoms with Crippen molar-refractivity contribution in [2.75, 3.05) is 12.8 Å². The first-order valence-corrected chi connectivity index (χ1v) is 5.30. The molecule has 1 rings (SSSR count). The van der Waals surface area contributed by atoms with Gasteiger partial charge in [-0.05, 0) is 12.1 Å². The molecule has 0 unspecified atom stereocenters. The van der Waals surface area contributed by atoms with Crippen LogP contribution in [0.15, 0.2) is 47.4 Å². The standard InChI is InChI=1S/C11H13NOS/c1-9(11(13)12-2)8-14-10-6-4-3-5-7-10/h3-7H,1,8H2,2H3,(H,12,13). The van der Waals surface area contributed by atoms with Crippen LogP contribution in [-0.2, 0) is 4.79 Å². The number of thioether (sulfide) groups is 1. The summed E-state index contributed by atoms with van der Waals surface area (Å²) in [6.07, 6.45) is 0. The molecule has 74 valence electrons. The summed E-state index contributed by atoms with van der Waals surface area (Å²) < 4.78 is 0. The van der Waals surface area contributed by atoms with Crippen molar-refractivity contribution < 1.29 is 4.79 Å². The molecule has 0 aliphatic rings. The first kappa shape index (κ1) is 10.9. The molecule has 1 aromatic carbocycles. The molecule has 0 atom stereocenters. The lowest BCUT2D eigenvalue weighted by Gasteiger charge is -2.03. The van der Waals surface area contributed by atoms with Crippen molar-refractivity contribution in [3.8, 4) is 0 Å². The molecule has 0 fully saturated rings. The highest BCUT2D eigenvalue weighted by molar-refractivity contribution is 7.99. The fraction of sp³-hybridized carbons (Fsp3) is 0.182. The van der Waals surface area contributed by atoms with E-state index in [4.69, 9.17) is 0 Å². The second kappa shape index (κ2) is 5.50. The third-order valence-corrected chi connectivity index (χ3v) is 2.80. The summed E-state index contributed by atoms with van der Waals surface area (Å²) >= 11 is 1.61. The number of hydrogen-bond donors (Lipinski definition) is 1. The minimum absolute atomic E-state index is 0.0894. The number of carbonyl (C=O) groups excluding carboxylic acids is 1. The van der Waals surface area contributed by atoms with Gasteiger partial charge in [-0.3, -0.25) is 4.79 Å². The van der Waals surface area contributed by atoms with Crippen LogP contribution in [0.25, 0.3) is 0 Å². The maximum absolute atomic E-state index is 11.1. The fourth-order valence-corrected chi connectivity index (χ4v) is 1.75. The molecule has 0 bridgehead atoms. The maximum Gasteiger partial charge on any atom is 0.247 e. The molecule has 0 aliphatic carbocycles. The third kappa shape index (κ3) is 3.26. The Bertz CT molecular complexity index is 321. The van der Waals surface area contributed by atoms with Crippen LogP contribution < -0.4 is 5.32 Å². The molecule has 1 amide bonds. The van der Waals surface area contributed by atoms with E-state index in [1.54, 1.807) is 18.8 Å². The van der Waals surface area contributed by atoms with Gasteiger partial charge in [0.15, 0.2) is 0 Å². The topological polar surface area (TPSA) is 29.1 Å². The number of nitrogens with one attached hydrogen (secondary N) is 1. The summed E-state index contributed by atoms with van der Waals surface area (Å²) in [5.41, 5.74) is 0.598. The van der Waals surface area contributed by atoms with E-state index in [0.717, 1.165) is 4.90 Å². The van der Waals surface area contributed by atoms with Crippen LogP contribution in [0.3, 0.4) is 0 Å². The van der Waals surface area contributed by atoms with Gasteiger partial charge < -0.3 is 5.32 Å². The van der Waals surface area contributed by atoms with E-state index in [1.807, 2.05) is 30.3 Å². The van der Waals surface area contributed by atoms with E-state index in [-0.39, 0.29) is 5.91 Å². The zero-order chi connectivity index (χ0) is 10.4. The molecule has 14 heavy (non-hydrogen) atoms. The molecule has 0 spiro atoms. The minimum Gasteiger partial charge on any atom is -0.355 e. The molecule has 1 N–H and O–H groups in total. The molecule has 2 nitrogen and oxygen atoms in total. The number of carbonyl (C=O) groups is 1. The van der Waals surface area contributed by atoms with Gasteiger partial charge in [-0.25, -0.2) is 0 Å². The van der Waals surface area contributed by atoms with Crippen molar-refractivity contribution in [3.63, 3.8) is 0 Å². The van der Waals surface area contributed by atoms with Gasteiger partial charge in [0.2, 0.25) is 5.91 Å². The van der Waals surface area contributed by atoms with E-state index in [1.165, 1.54) is 0 Å². The number of benzene rings is 1. The van der Waals surface area contributed by atoms with Gasteiger partial charge >= 0.3 is 0 Å². The van der Waals surface area contributed by atoms with Crippen LogP contribution >= 0.6 is 11.8 Å². The Morgan fingerprint density at radius 2 is 2.07 bits per heavy atom. The Labute approximate surface area is 88.4 Å². The van der Waals surface area contributed by atoms with Crippen molar-refractivity contribution in [2.24, 2.45) is 0 Å². The number of hydrogen-bond acceptors (Lipinski definition) is 2. The largest absolute Gasteiger partial charge is 0.355 e. The Morgan fingerprint density at radius 1 is 1.43 bits per heavy atom. The number of likely N-dealkylation sites (N-methyl/N-ethyl adjacent to an activating group) is 1. The molecular weight excluding hydrogens is 194 g/mol. The van der Waals surface area contributed by atoms with E-state index < -0.39 is 0 Å². The SMILES string of the molecule is C=C(CSc1ccccc1)C(=O)NC. The van der Waals surface area contributed by atoms with Crippen molar-refractivity contribution >= 4 is 17.7 Å². The van der Waals surface area contributed by atoms with Gasteiger partial charge in [-0.15, -0.1) is 11.8 Å². The first-order valence-electron chi connectivity index (χ1n) is 4.31. The van der Waals surface area contributed by atoms with Crippen molar-refractivity contribution in [1.29, 1.82) is 0 Å². The summed E-state index contributed by atoms with van der Waals surface area (Å²) in [6.45, 7) is 3.71. The monoisotopic (exact) mass is 207 g/mol. The average molecular weight is 207 g/mol. The highest BCUT2D eigenvalue weighted by Crippen LogP contribution is 2.19. The normalized spacial score (nSPS) is 9.50. The van der Waals surface area contributed by atoms with Crippen molar-refractivity contribution in [3.05, 3.63) is 42.5 Å². The second-order valence-corrected chi connectivity index (χ2v) is 3.83. The van der Waals surface area contributed by atoms with Crippen LogP contribution in [0.5, 0.6) is 0 Å². The van der Waals surface area contributed by atoms with E-state index in [9.17, 15) is 4.79 Å². The molecule has 0 heterocycles. The van der Waals surface area contributed by atoms with Crippen LogP contribution in [0.2, 0.25) is 0 Å². The molecule has 0 aliphatic heterocycles. The maximum atomic E-state index is 11.1. The summed E-state index contributed by atoms with van der Waals surface area (Å²) in [5, 5.41) is 2.55. The predicted octanol–water partition coefficient (Wildman–Crippen LogP) is 2.08. The number of rotatable bonds is 4. The van der Waals surface area contributed by atoms with Gasteiger partial charge in [0.05, 0.1) is 0 Å². The van der Waals surface area contributed by atoms with Crippen LogP contribution in [0.4, 0.5) is 0 Å². The van der Waals surface area contributed by atoms with E-state index in [0.29, 0.717) is 11.3 Å². The van der Waals surface area contributed by atoms with E-state index >= 15 is 0 Å². The van der Waals surface area contributed by atoms with E-state index in [2.05, 4.69) is 11.9 Å². The first-order chi connectivity index (χ1) is 6.74. The smallest absolute Gasteiger partial charge is 0.247 e. The molecule has 1 aromatic rings. The van der Waals surface area contributed by atoms with Crippen LogP contribution in [0, 0.1) is 0 Å². The van der Waals surface area contributed by atoms with Gasteiger partial charge in [0.25, 0.3) is 0 Å².